The lowest BCUT2D eigenvalue weighted by Crippen LogP contribution is -2.24. The molecule has 2 rings (SSSR count). The third kappa shape index (κ3) is 2.93. The van der Waals surface area contributed by atoms with Crippen LogP contribution in [0.2, 0.25) is 0 Å². The first kappa shape index (κ1) is 12.7. The molecule has 0 aliphatic rings. The first-order valence-electron chi connectivity index (χ1n) is 5.31. The van der Waals surface area contributed by atoms with Crippen molar-refractivity contribution in [3.05, 3.63) is 18.5 Å². The number of nitrogens with one attached hydrogen (secondary N) is 1. The number of hydrogen-bond donors (Lipinski definition) is 1. The monoisotopic (exact) mass is 270 g/mol. The molecule has 0 aliphatic carbocycles. The summed E-state index contributed by atoms with van der Waals surface area (Å²) in [7, 11) is -0.0295. The third-order valence-corrected chi connectivity index (χ3v) is 3.76. The van der Waals surface area contributed by atoms with Crippen LogP contribution >= 0.6 is 0 Å². The number of rotatable bonds is 5. The van der Waals surface area contributed by atoms with E-state index in [4.69, 9.17) is 0 Å². The van der Waals surface area contributed by atoms with E-state index in [2.05, 4.69) is 20.1 Å². The second-order valence-electron chi connectivity index (χ2n) is 3.76. The predicted octanol–water partition coefficient (Wildman–Crippen LogP) is -0.772. The summed E-state index contributed by atoms with van der Waals surface area (Å²) in [6.45, 7) is 0.253. The molecule has 0 aliphatic heterocycles. The third-order valence-electron chi connectivity index (χ3n) is 2.41. The molecule has 0 saturated heterocycles. The standard InChI is InChI=1S/C9H14N6O2S/c1-10-18(16,17)6-5-15-7-9(11-13-15)8-3-4-14(2)12-8/h3-4,7,10H,5-6H2,1-2H3. The van der Waals surface area contributed by atoms with E-state index in [1.54, 1.807) is 17.1 Å². The van der Waals surface area contributed by atoms with Crippen molar-refractivity contribution in [2.75, 3.05) is 12.8 Å². The molecule has 0 saturated carbocycles. The Labute approximate surface area is 105 Å². The zero-order valence-electron chi connectivity index (χ0n) is 10.1. The van der Waals surface area contributed by atoms with Crippen LogP contribution in [0, 0.1) is 0 Å². The lowest BCUT2D eigenvalue weighted by atomic mass is 10.3. The van der Waals surface area contributed by atoms with Crippen LogP contribution in [0.4, 0.5) is 0 Å². The van der Waals surface area contributed by atoms with E-state index in [0.717, 1.165) is 0 Å². The van der Waals surface area contributed by atoms with Crippen molar-refractivity contribution in [3.63, 3.8) is 0 Å². The zero-order chi connectivity index (χ0) is 13.2. The highest BCUT2D eigenvalue weighted by Gasteiger charge is 2.10. The Kier molecular flexibility index (Phi) is 3.43. The molecule has 2 aromatic heterocycles. The second-order valence-corrected chi connectivity index (χ2v) is 5.81. The maximum absolute atomic E-state index is 11.3. The van der Waals surface area contributed by atoms with Crippen molar-refractivity contribution in [3.8, 4) is 11.4 Å². The van der Waals surface area contributed by atoms with Crippen LogP contribution in [-0.4, -0.2) is 46.0 Å². The highest BCUT2D eigenvalue weighted by Crippen LogP contribution is 2.12. The lowest BCUT2D eigenvalue weighted by molar-refractivity contribution is 0.568. The quantitative estimate of drug-likeness (QED) is 0.769. The second kappa shape index (κ2) is 4.86. The average Bonchev–Trinajstić information content (AvgIpc) is 2.95. The van der Waals surface area contributed by atoms with Crippen LogP contribution in [0.15, 0.2) is 18.5 Å². The van der Waals surface area contributed by atoms with Gasteiger partial charge in [-0.3, -0.25) is 9.36 Å². The first-order chi connectivity index (χ1) is 8.50. The summed E-state index contributed by atoms with van der Waals surface area (Å²) in [5.74, 6) is -0.0332. The van der Waals surface area contributed by atoms with Gasteiger partial charge in [-0.05, 0) is 13.1 Å². The molecule has 0 fully saturated rings. The Balaban J connectivity index is 2.07. The molecule has 2 aromatic rings. The molecule has 0 spiro atoms. The van der Waals surface area contributed by atoms with Crippen LogP contribution in [0.25, 0.3) is 11.4 Å². The van der Waals surface area contributed by atoms with Crippen LogP contribution in [-0.2, 0) is 23.6 Å². The van der Waals surface area contributed by atoms with Gasteiger partial charge in [0.1, 0.15) is 11.4 Å². The minimum atomic E-state index is -3.23. The highest BCUT2D eigenvalue weighted by atomic mass is 32.2. The smallest absolute Gasteiger partial charge is 0.213 e. The van der Waals surface area contributed by atoms with Crippen molar-refractivity contribution >= 4 is 10.0 Å². The van der Waals surface area contributed by atoms with Gasteiger partial charge in [0.25, 0.3) is 0 Å². The number of aromatic nitrogens is 5. The average molecular weight is 270 g/mol. The van der Waals surface area contributed by atoms with E-state index in [0.29, 0.717) is 11.4 Å². The normalized spacial score (nSPS) is 11.9. The molecule has 1 N–H and O–H groups in total. The van der Waals surface area contributed by atoms with Gasteiger partial charge in [0, 0.05) is 13.2 Å². The van der Waals surface area contributed by atoms with Crippen molar-refractivity contribution in [1.82, 2.24) is 29.5 Å². The van der Waals surface area contributed by atoms with Crippen LogP contribution in [0.3, 0.4) is 0 Å². The summed E-state index contributed by atoms with van der Waals surface area (Å²) in [5.41, 5.74) is 1.33. The zero-order valence-corrected chi connectivity index (χ0v) is 10.9. The summed E-state index contributed by atoms with van der Waals surface area (Å²) < 4.78 is 27.9. The van der Waals surface area contributed by atoms with Crippen molar-refractivity contribution in [2.45, 2.75) is 6.54 Å². The van der Waals surface area contributed by atoms with Crippen molar-refractivity contribution in [2.24, 2.45) is 7.05 Å². The van der Waals surface area contributed by atoms with Gasteiger partial charge >= 0.3 is 0 Å². The Bertz CT molecular complexity index is 629. The van der Waals surface area contributed by atoms with Gasteiger partial charge in [0.15, 0.2) is 0 Å². The Morgan fingerprint density at radius 2 is 2.17 bits per heavy atom. The highest BCUT2D eigenvalue weighted by molar-refractivity contribution is 7.89. The minimum absolute atomic E-state index is 0.0332. The van der Waals surface area contributed by atoms with Gasteiger partial charge in [-0.25, -0.2) is 13.1 Å². The summed E-state index contributed by atoms with van der Waals surface area (Å²) in [4.78, 5) is 0. The van der Waals surface area contributed by atoms with Gasteiger partial charge in [0.2, 0.25) is 10.0 Å². The van der Waals surface area contributed by atoms with Gasteiger partial charge in [-0.2, -0.15) is 5.10 Å². The Morgan fingerprint density at radius 1 is 1.39 bits per heavy atom. The van der Waals surface area contributed by atoms with Crippen molar-refractivity contribution in [1.29, 1.82) is 0 Å². The van der Waals surface area contributed by atoms with Gasteiger partial charge < -0.3 is 0 Å². The molecule has 98 valence electrons. The molecule has 2 heterocycles. The minimum Gasteiger partial charge on any atom is -0.275 e. The summed E-state index contributed by atoms with van der Waals surface area (Å²) in [5, 5.41) is 12.0. The fraction of sp³-hybridized carbons (Fsp3) is 0.444. The van der Waals surface area contributed by atoms with E-state index in [-0.39, 0.29) is 12.3 Å². The van der Waals surface area contributed by atoms with E-state index < -0.39 is 10.0 Å². The van der Waals surface area contributed by atoms with Gasteiger partial charge in [-0.15, -0.1) is 5.10 Å². The maximum Gasteiger partial charge on any atom is 0.213 e. The molecule has 8 nitrogen and oxygen atoms in total. The fourth-order valence-electron chi connectivity index (χ4n) is 1.39. The molecule has 18 heavy (non-hydrogen) atoms. The Hall–Kier alpha value is -1.74. The van der Waals surface area contributed by atoms with Gasteiger partial charge in [0.05, 0.1) is 18.5 Å². The van der Waals surface area contributed by atoms with Gasteiger partial charge in [-0.1, -0.05) is 5.21 Å². The van der Waals surface area contributed by atoms with E-state index >= 15 is 0 Å². The fourth-order valence-corrected chi connectivity index (χ4v) is 2.02. The van der Waals surface area contributed by atoms with E-state index in [1.807, 2.05) is 13.1 Å². The van der Waals surface area contributed by atoms with Crippen molar-refractivity contribution < 1.29 is 8.42 Å². The number of aryl methyl sites for hydroxylation is 2. The topological polar surface area (TPSA) is 94.7 Å². The molecule has 9 heteroatoms. The molecule has 0 bridgehead atoms. The number of sulfonamides is 1. The van der Waals surface area contributed by atoms with E-state index in [1.165, 1.54) is 11.7 Å². The number of nitrogens with zero attached hydrogens (tertiary/aromatic N) is 5. The summed E-state index contributed by atoms with van der Waals surface area (Å²) >= 11 is 0. The number of hydrogen-bond acceptors (Lipinski definition) is 5. The molecule has 0 atom stereocenters. The molecule has 0 unspecified atom stereocenters. The molecule has 0 radical (unpaired) electrons. The van der Waals surface area contributed by atoms with Crippen LogP contribution in [0.1, 0.15) is 0 Å². The Morgan fingerprint density at radius 3 is 2.78 bits per heavy atom. The maximum atomic E-state index is 11.3. The van der Waals surface area contributed by atoms with Crippen LogP contribution < -0.4 is 4.72 Å². The molecular formula is C9H14N6O2S. The molecule has 0 amide bonds. The summed E-state index contributed by atoms with van der Waals surface area (Å²) in [6.07, 6.45) is 3.48. The first-order valence-corrected chi connectivity index (χ1v) is 6.97. The van der Waals surface area contributed by atoms with Crippen LogP contribution in [0.5, 0.6) is 0 Å². The SMILES string of the molecule is CNS(=O)(=O)CCn1cc(-c2ccn(C)n2)nn1. The molecular weight excluding hydrogens is 256 g/mol. The lowest BCUT2D eigenvalue weighted by Gasteiger charge is -2.00. The predicted molar refractivity (Wildman–Crippen MR) is 65.1 cm³/mol. The summed E-state index contributed by atoms with van der Waals surface area (Å²) in [6, 6.07) is 1.82. The van der Waals surface area contributed by atoms with E-state index in [9.17, 15) is 8.42 Å². The largest absolute Gasteiger partial charge is 0.275 e. The molecule has 0 aromatic carbocycles.